The molecule has 144 valence electrons. The van der Waals surface area contributed by atoms with Crippen LogP contribution in [0.5, 0.6) is 0 Å². The van der Waals surface area contributed by atoms with E-state index < -0.39 is 0 Å². The summed E-state index contributed by atoms with van der Waals surface area (Å²) in [6.45, 7) is 0. The van der Waals surface area contributed by atoms with Crippen molar-refractivity contribution >= 4 is 16.8 Å². The van der Waals surface area contributed by atoms with Gasteiger partial charge in [-0.2, -0.15) is 0 Å². The number of aromatic amines is 1. The molecule has 2 aromatic rings. The molecule has 2 heterocycles. The number of hydrogen-bond donors (Lipinski definition) is 2. The number of fused-ring (bicyclic) bond motifs is 1. The number of carbonyl (C=O) groups is 1. The third-order valence-corrected chi connectivity index (χ3v) is 5.40. The maximum Gasteiger partial charge on any atom is 0.217 e. The highest BCUT2D eigenvalue weighted by atomic mass is 16.5. The molecule has 5 nitrogen and oxygen atoms in total. The van der Waals surface area contributed by atoms with Gasteiger partial charge in [0.25, 0.3) is 0 Å². The molecule has 0 fully saturated rings. The number of ether oxygens (including phenoxy) is 2. The van der Waals surface area contributed by atoms with Crippen molar-refractivity contribution in [3.8, 4) is 0 Å². The monoisotopic (exact) mass is 376 g/mol. The number of amides is 1. The van der Waals surface area contributed by atoms with Gasteiger partial charge in [-0.3, -0.25) is 4.79 Å². The minimum atomic E-state index is -0.296. The molecule has 28 heavy (non-hydrogen) atoms. The lowest BCUT2D eigenvalue weighted by Crippen LogP contribution is -2.22. The number of primary amides is 1. The molecule has 0 spiro atoms. The smallest absolute Gasteiger partial charge is 0.217 e. The number of rotatable bonds is 7. The zero-order valence-electron chi connectivity index (χ0n) is 15.6. The van der Waals surface area contributed by atoms with Crippen molar-refractivity contribution in [3.05, 3.63) is 84.4 Å². The van der Waals surface area contributed by atoms with Gasteiger partial charge < -0.3 is 20.2 Å². The summed E-state index contributed by atoms with van der Waals surface area (Å²) in [5.41, 5.74) is 9.02. The Hall–Kier alpha value is -3.21. The highest BCUT2D eigenvalue weighted by Crippen LogP contribution is 2.44. The van der Waals surface area contributed by atoms with Gasteiger partial charge in [0.1, 0.15) is 24.5 Å². The van der Waals surface area contributed by atoms with Gasteiger partial charge in [0.05, 0.1) is 0 Å². The van der Waals surface area contributed by atoms with Crippen molar-refractivity contribution in [2.45, 2.75) is 31.6 Å². The van der Waals surface area contributed by atoms with Crippen LogP contribution in [-0.2, 0) is 14.3 Å². The van der Waals surface area contributed by atoms with Gasteiger partial charge >= 0.3 is 0 Å². The highest BCUT2D eigenvalue weighted by molar-refractivity contribution is 5.84. The molecule has 1 aromatic carbocycles. The lowest BCUT2D eigenvalue weighted by atomic mass is 9.75. The van der Waals surface area contributed by atoms with E-state index in [4.69, 9.17) is 15.2 Å². The Bertz CT molecular complexity index is 981. The third kappa shape index (κ3) is 3.74. The number of allylic oxidation sites excluding steroid dienone is 4. The van der Waals surface area contributed by atoms with Gasteiger partial charge in [0.2, 0.25) is 5.91 Å². The van der Waals surface area contributed by atoms with Crippen LogP contribution in [-0.4, -0.2) is 10.9 Å². The maximum absolute atomic E-state index is 11.6. The Labute approximate surface area is 164 Å². The molecule has 1 amide bonds. The average molecular weight is 376 g/mol. The van der Waals surface area contributed by atoms with E-state index in [1.807, 2.05) is 18.3 Å². The van der Waals surface area contributed by atoms with Crippen molar-refractivity contribution in [2.24, 2.45) is 11.7 Å². The Morgan fingerprint density at radius 2 is 2.14 bits per heavy atom. The first-order valence-electron chi connectivity index (χ1n) is 9.61. The van der Waals surface area contributed by atoms with E-state index >= 15 is 0 Å². The second kappa shape index (κ2) is 8.21. The van der Waals surface area contributed by atoms with Crippen LogP contribution < -0.4 is 5.73 Å². The van der Waals surface area contributed by atoms with Crippen LogP contribution in [0.15, 0.2) is 78.8 Å². The SMILES string of the molecule is NC(=O)CCC(c1c[nH]c2ccccc12)C(C1=CC=CCC1)C1=COC=CO1. The van der Waals surface area contributed by atoms with Crippen LogP contribution in [0.4, 0.5) is 0 Å². The van der Waals surface area contributed by atoms with Crippen molar-refractivity contribution in [1.29, 1.82) is 0 Å². The molecule has 3 N–H and O–H groups in total. The van der Waals surface area contributed by atoms with Crippen LogP contribution in [0.3, 0.4) is 0 Å². The van der Waals surface area contributed by atoms with Gasteiger partial charge in [0, 0.05) is 35.4 Å². The standard InChI is InChI=1S/C23H24N2O3/c24-22(26)11-10-18(19-14-25-20-9-5-4-8-17(19)20)23(16-6-2-1-3-7-16)21-15-27-12-13-28-21/h1-2,4-6,8-9,12-15,18,23,25H,3,7,10-11H2,(H2,24,26). The molecule has 2 unspecified atom stereocenters. The molecule has 0 saturated heterocycles. The zero-order chi connectivity index (χ0) is 19.3. The number of nitrogens with one attached hydrogen (secondary N) is 1. The summed E-state index contributed by atoms with van der Waals surface area (Å²) < 4.78 is 11.3. The summed E-state index contributed by atoms with van der Waals surface area (Å²) in [6.07, 6.45) is 16.1. The minimum Gasteiger partial charge on any atom is -0.466 e. The van der Waals surface area contributed by atoms with Crippen LogP contribution >= 0.6 is 0 Å². The van der Waals surface area contributed by atoms with E-state index in [0.717, 1.165) is 35.1 Å². The Morgan fingerprint density at radius 1 is 1.25 bits per heavy atom. The average Bonchev–Trinajstić information content (AvgIpc) is 3.16. The third-order valence-electron chi connectivity index (χ3n) is 5.40. The molecule has 4 rings (SSSR count). The summed E-state index contributed by atoms with van der Waals surface area (Å²) in [6, 6.07) is 8.21. The summed E-state index contributed by atoms with van der Waals surface area (Å²) in [7, 11) is 0. The van der Waals surface area contributed by atoms with Gasteiger partial charge in [-0.05, 0) is 30.9 Å². The van der Waals surface area contributed by atoms with E-state index in [1.54, 1.807) is 12.5 Å². The number of nitrogens with two attached hydrogens (primary N) is 1. The normalized spacial score (nSPS) is 18.0. The van der Waals surface area contributed by atoms with Gasteiger partial charge in [0.15, 0.2) is 0 Å². The fourth-order valence-corrected chi connectivity index (χ4v) is 4.14. The molecule has 0 radical (unpaired) electrons. The largest absolute Gasteiger partial charge is 0.466 e. The lowest BCUT2D eigenvalue weighted by molar-refractivity contribution is -0.118. The summed E-state index contributed by atoms with van der Waals surface area (Å²) >= 11 is 0. The summed E-state index contributed by atoms with van der Waals surface area (Å²) in [5, 5.41) is 1.15. The molecule has 2 aliphatic rings. The molecule has 2 atom stereocenters. The van der Waals surface area contributed by atoms with Crippen molar-refractivity contribution in [3.63, 3.8) is 0 Å². The molecular formula is C23H24N2O3. The van der Waals surface area contributed by atoms with Crippen LogP contribution in [0.2, 0.25) is 0 Å². The summed E-state index contributed by atoms with van der Waals surface area (Å²) in [5.74, 6) is 0.454. The molecule has 5 heteroatoms. The first kappa shape index (κ1) is 18.2. The van der Waals surface area contributed by atoms with E-state index in [9.17, 15) is 4.79 Å². The number of para-hydroxylation sites is 1. The van der Waals surface area contributed by atoms with E-state index in [0.29, 0.717) is 12.8 Å². The molecule has 1 aliphatic heterocycles. The van der Waals surface area contributed by atoms with Crippen molar-refractivity contribution in [1.82, 2.24) is 4.98 Å². The minimum absolute atomic E-state index is 0.0303. The Balaban J connectivity index is 1.81. The predicted octanol–water partition coefficient (Wildman–Crippen LogP) is 4.77. The number of aromatic nitrogens is 1. The topological polar surface area (TPSA) is 77.3 Å². The Kier molecular flexibility index (Phi) is 5.33. The van der Waals surface area contributed by atoms with E-state index in [1.165, 1.54) is 11.8 Å². The fraction of sp³-hybridized carbons (Fsp3) is 0.261. The zero-order valence-corrected chi connectivity index (χ0v) is 15.6. The lowest BCUT2D eigenvalue weighted by Gasteiger charge is -2.31. The molecule has 1 aromatic heterocycles. The number of hydrogen-bond acceptors (Lipinski definition) is 3. The molecule has 1 aliphatic carbocycles. The van der Waals surface area contributed by atoms with Crippen LogP contribution in [0.1, 0.15) is 37.2 Å². The first-order chi connectivity index (χ1) is 13.7. The molecular weight excluding hydrogens is 352 g/mol. The van der Waals surface area contributed by atoms with Crippen molar-refractivity contribution in [2.75, 3.05) is 0 Å². The van der Waals surface area contributed by atoms with E-state index in [-0.39, 0.29) is 17.7 Å². The summed E-state index contributed by atoms with van der Waals surface area (Å²) in [4.78, 5) is 15.0. The number of H-pyrrole nitrogens is 1. The highest BCUT2D eigenvalue weighted by Gasteiger charge is 2.33. The van der Waals surface area contributed by atoms with Gasteiger partial charge in [-0.25, -0.2) is 0 Å². The fourth-order valence-electron chi connectivity index (χ4n) is 4.14. The maximum atomic E-state index is 11.6. The predicted molar refractivity (Wildman–Crippen MR) is 109 cm³/mol. The first-order valence-corrected chi connectivity index (χ1v) is 9.61. The second-order valence-corrected chi connectivity index (χ2v) is 7.13. The molecule has 0 bridgehead atoms. The quantitative estimate of drug-likeness (QED) is 0.731. The number of carbonyl (C=O) groups excluding carboxylic acids is 1. The van der Waals surface area contributed by atoms with Crippen LogP contribution in [0.25, 0.3) is 10.9 Å². The van der Waals surface area contributed by atoms with Crippen LogP contribution in [0, 0.1) is 5.92 Å². The molecule has 0 saturated carbocycles. The van der Waals surface area contributed by atoms with E-state index in [2.05, 4.69) is 35.3 Å². The number of benzene rings is 1. The van der Waals surface area contributed by atoms with Crippen molar-refractivity contribution < 1.29 is 14.3 Å². The Morgan fingerprint density at radius 3 is 2.89 bits per heavy atom. The van der Waals surface area contributed by atoms with Gasteiger partial charge in [-0.1, -0.05) is 42.0 Å². The second-order valence-electron chi connectivity index (χ2n) is 7.13. The van der Waals surface area contributed by atoms with Gasteiger partial charge in [-0.15, -0.1) is 0 Å².